The summed E-state index contributed by atoms with van der Waals surface area (Å²) in [6.45, 7) is 1.28. The van der Waals surface area contributed by atoms with Crippen molar-refractivity contribution in [1.82, 2.24) is 4.98 Å². The minimum Gasteiger partial charge on any atom is -0.383 e. The first-order valence-electron chi connectivity index (χ1n) is 4.91. The third-order valence-electron chi connectivity index (χ3n) is 2.32. The minimum atomic E-state index is -0.492. The van der Waals surface area contributed by atoms with E-state index in [4.69, 9.17) is 10.5 Å². The topological polar surface area (TPSA) is 103 Å². The molecule has 1 aliphatic heterocycles. The highest BCUT2D eigenvalue weighted by molar-refractivity contribution is 5.53. The van der Waals surface area contributed by atoms with Crippen LogP contribution in [0.15, 0.2) is 12.1 Å². The molecule has 0 saturated carbocycles. The Balaban J connectivity index is 2.16. The Morgan fingerprint density at radius 2 is 2.44 bits per heavy atom. The smallest absolute Gasteiger partial charge is 0.276 e. The van der Waals surface area contributed by atoms with Crippen LogP contribution in [-0.4, -0.2) is 29.2 Å². The van der Waals surface area contributed by atoms with Gasteiger partial charge in [-0.05, 0) is 6.42 Å². The second-order valence-electron chi connectivity index (χ2n) is 3.60. The Labute approximate surface area is 91.8 Å². The SMILES string of the molecule is Nc1cc([N+](=O)[O-])cc(NC2CCOC2)n1. The lowest BCUT2D eigenvalue weighted by atomic mass is 10.2. The second-order valence-corrected chi connectivity index (χ2v) is 3.60. The molecule has 1 saturated heterocycles. The van der Waals surface area contributed by atoms with E-state index in [0.29, 0.717) is 19.0 Å². The van der Waals surface area contributed by atoms with Crippen LogP contribution in [0, 0.1) is 10.1 Å². The van der Waals surface area contributed by atoms with Crippen LogP contribution in [0.25, 0.3) is 0 Å². The Morgan fingerprint density at radius 3 is 3.06 bits per heavy atom. The summed E-state index contributed by atoms with van der Waals surface area (Å²) in [5.74, 6) is 0.554. The van der Waals surface area contributed by atoms with Crippen LogP contribution in [0.1, 0.15) is 6.42 Å². The molecule has 1 atom stereocenters. The van der Waals surface area contributed by atoms with Gasteiger partial charge in [0, 0.05) is 6.61 Å². The van der Waals surface area contributed by atoms with Gasteiger partial charge in [0.2, 0.25) is 0 Å². The molecule has 2 heterocycles. The van der Waals surface area contributed by atoms with E-state index in [-0.39, 0.29) is 17.5 Å². The fourth-order valence-corrected chi connectivity index (χ4v) is 1.57. The van der Waals surface area contributed by atoms with Gasteiger partial charge in [-0.25, -0.2) is 4.98 Å². The highest BCUT2D eigenvalue weighted by atomic mass is 16.6. The molecule has 3 N–H and O–H groups in total. The van der Waals surface area contributed by atoms with E-state index in [2.05, 4.69) is 10.3 Å². The largest absolute Gasteiger partial charge is 0.383 e. The summed E-state index contributed by atoms with van der Waals surface area (Å²) in [5, 5.41) is 13.7. The number of nitrogens with two attached hydrogens (primary N) is 1. The molecule has 1 unspecified atom stereocenters. The number of aromatic nitrogens is 1. The van der Waals surface area contributed by atoms with E-state index >= 15 is 0 Å². The Hall–Kier alpha value is -1.89. The predicted octanol–water partition coefficient (Wildman–Crippen LogP) is 0.773. The summed E-state index contributed by atoms with van der Waals surface area (Å²) in [4.78, 5) is 14.1. The molecule has 1 fully saturated rings. The summed E-state index contributed by atoms with van der Waals surface area (Å²) < 4.78 is 5.18. The number of nitro groups is 1. The maximum Gasteiger partial charge on any atom is 0.276 e. The average Bonchev–Trinajstić information content (AvgIpc) is 2.69. The van der Waals surface area contributed by atoms with E-state index in [1.54, 1.807) is 0 Å². The first-order chi connectivity index (χ1) is 7.65. The molecule has 2 rings (SSSR count). The number of nitrogens with zero attached hydrogens (tertiary/aromatic N) is 2. The number of nitrogen functional groups attached to an aromatic ring is 1. The monoisotopic (exact) mass is 224 g/mol. The Morgan fingerprint density at radius 1 is 1.62 bits per heavy atom. The van der Waals surface area contributed by atoms with Crippen LogP contribution in [0.2, 0.25) is 0 Å². The van der Waals surface area contributed by atoms with Crippen molar-refractivity contribution in [2.75, 3.05) is 24.3 Å². The molecule has 1 aliphatic rings. The average molecular weight is 224 g/mol. The maximum absolute atomic E-state index is 10.6. The normalized spacial score (nSPS) is 19.6. The van der Waals surface area contributed by atoms with Gasteiger partial charge in [-0.2, -0.15) is 0 Å². The van der Waals surface area contributed by atoms with E-state index < -0.39 is 4.92 Å². The van der Waals surface area contributed by atoms with Crippen molar-refractivity contribution in [2.45, 2.75) is 12.5 Å². The number of hydrogen-bond acceptors (Lipinski definition) is 6. The van der Waals surface area contributed by atoms with Gasteiger partial charge in [0.25, 0.3) is 5.69 Å². The fourth-order valence-electron chi connectivity index (χ4n) is 1.57. The Bertz CT molecular complexity index is 404. The van der Waals surface area contributed by atoms with Crippen LogP contribution < -0.4 is 11.1 Å². The highest BCUT2D eigenvalue weighted by Gasteiger charge is 2.17. The second kappa shape index (κ2) is 4.31. The van der Waals surface area contributed by atoms with Crippen LogP contribution in [0.5, 0.6) is 0 Å². The standard InChI is InChI=1S/C9H12N4O3/c10-8-3-7(13(14)15)4-9(12-8)11-6-1-2-16-5-6/h3-4,6H,1-2,5H2,(H3,10,11,12). The molecule has 7 nitrogen and oxygen atoms in total. The number of pyridine rings is 1. The van der Waals surface area contributed by atoms with E-state index in [9.17, 15) is 10.1 Å². The molecule has 1 aromatic heterocycles. The molecular formula is C9H12N4O3. The van der Waals surface area contributed by atoms with E-state index in [0.717, 1.165) is 6.42 Å². The molecule has 16 heavy (non-hydrogen) atoms. The first-order valence-corrected chi connectivity index (χ1v) is 4.91. The van der Waals surface area contributed by atoms with Gasteiger partial charge in [0.05, 0.1) is 29.7 Å². The quantitative estimate of drug-likeness (QED) is 0.580. The summed E-state index contributed by atoms with van der Waals surface area (Å²) in [6.07, 6.45) is 0.865. The van der Waals surface area contributed by atoms with Gasteiger partial charge in [-0.3, -0.25) is 10.1 Å². The van der Waals surface area contributed by atoms with Crippen molar-refractivity contribution in [3.05, 3.63) is 22.2 Å². The van der Waals surface area contributed by atoms with E-state index in [1.807, 2.05) is 0 Å². The number of ether oxygens (including phenoxy) is 1. The third kappa shape index (κ3) is 2.37. The highest BCUT2D eigenvalue weighted by Crippen LogP contribution is 2.20. The summed E-state index contributed by atoms with van der Waals surface area (Å²) >= 11 is 0. The zero-order chi connectivity index (χ0) is 11.5. The summed E-state index contributed by atoms with van der Waals surface area (Å²) in [6, 6.07) is 2.75. The predicted molar refractivity (Wildman–Crippen MR) is 58.2 cm³/mol. The molecular weight excluding hydrogens is 212 g/mol. The molecule has 0 aromatic carbocycles. The molecule has 7 heteroatoms. The number of hydrogen-bond donors (Lipinski definition) is 2. The molecule has 0 spiro atoms. The molecule has 1 aromatic rings. The lowest BCUT2D eigenvalue weighted by molar-refractivity contribution is -0.384. The third-order valence-corrected chi connectivity index (χ3v) is 2.32. The van der Waals surface area contributed by atoms with Crippen molar-refractivity contribution < 1.29 is 9.66 Å². The molecule has 0 amide bonds. The molecule has 0 radical (unpaired) electrons. The van der Waals surface area contributed by atoms with Gasteiger partial charge in [-0.1, -0.05) is 0 Å². The number of anilines is 2. The van der Waals surface area contributed by atoms with Gasteiger partial charge >= 0.3 is 0 Å². The van der Waals surface area contributed by atoms with Crippen molar-refractivity contribution in [1.29, 1.82) is 0 Å². The molecule has 0 bridgehead atoms. The number of rotatable bonds is 3. The van der Waals surface area contributed by atoms with Crippen molar-refractivity contribution in [2.24, 2.45) is 0 Å². The summed E-state index contributed by atoms with van der Waals surface area (Å²) in [7, 11) is 0. The van der Waals surface area contributed by atoms with E-state index in [1.165, 1.54) is 12.1 Å². The zero-order valence-electron chi connectivity index (χ0n) is 8.55. The van der Waals surface area contributed by atoms with Gasteiger partial charge in [-0.15, -0.1) is 0 Å². The lowest BCUT2D eigenvalue weighted by Crippen LogP contribution is -2.20. The van der Waals surface area contributed by atoms with Crippen molar-refractivity contribution in [3.8, 4) is 0 Å². The van der Waals surface area contributed by atoms with Crippen molar-refractivity contribution in [3.63, 3.8) is 0 Å². The molecule has 0 aliphatic carbocycles. The number of nitrogens with one attached hydrogen (secondary N) is 1. The van der Waals surface area contributed by atoms with Crippen LogP contribution in [0.3, 0.4) is 0 Å². The van der Waals surface area contributed by atoms with Crippen molar-refractivity contribution >= 4 is 17.3 Å². The zero-order valence-corrected chi connectivity index (χ0v) is 8.55. The van der Waals surface area contributed by atoms with Gasteiger partial charge in [0.1, 0.15) is 11.6 Å². The first kappa shape index (κ1) is 10.6. The Kier molecular flexibility index (Phi) is 2.86. The minimum absolute atomic E-state index is 0.0612. The van der Waals surface area contributed by atoms with Crippen LogP contribution >= 0.6 is 0 Å². The van der Waals surface area contributed by atoms with Gasteiger partial charge in [0.15, 0.2) is 0 Å². The fraction of sp³-hybridized carbons (Fsp3) is 0.444. The summed E-state index contributed by atoms with van der Waals surface area (Å²) in [5.41, 5.74) is 5.42. The van der Waals surface area contributed by atoms with Crippen LogP contribution in [-0.2, 0) is 4.74 Å². The van der Waals surface area contributed by atoms with Crippen LogP contribution in [0.4, 0.5) is 17.3 Å². The molecule has 86 valence electrons. The van der Waals surface area contributed by atoms with Gasteiger partial charge < -0.3 is 15.8 Å². The maximum atomic E-state index is 10.6. The lowest BCUT2D eigenvalue weighted by Gasteiger charge is -2.11.